The molecule has 0 bridgehead atoms. The van der Waals surface area contributed by atoms with Gasteiger partial charge in [0.1, 0.15) is 5.82 Å². The zero-order valence-corrected chi connectivity index (χ0v) is 10.9. The summed E-state index contributed by atoms with van der Waals surface area (Å²) >= 11 is 0. The van der Waals surface area contributed by atoms with Gasteiger partial charge in [-0.25, -0.2) is 4.39 Å². The molecule has 1 N–H and O–H groups in total. The van der Waals surface area contributed by atoms with Crippen LogP contribution in [-0.4, -0.2) is 32.8 Å². The number of benzene rings is 1. The monoisotopic (exact) mass is 252 g/mol. The molecule has 0 aliphatic carbocycles. The van der Waals surface area contributed by atoms with Gasteiger partial charge in [0.05, 0.1) is 6.61 Å². The number of halogens is 1. The number of nitrogens with zero attached hydrogens (tertiary/aromatic N) is 1. The molecule has 1 aliphatic heterocycles. The molecule has 0 atom stereocenters. The Morgan fingerprint density at radius 1 is 1.33 bits per heavy atom. The lowest BCUT2D eigenvalue weighted by Gasteiger charge is -2.25. The Labute approximate surface area is 108 Å². The number of nitrogens with one attached hydrogen (secondary N) is 1. The molecule has 1 aliphatic rings. The Bertz CT molecular complexity index is 376. The molecule has 0 saturated carbocycles. The zero-order valence-electron chi connectivity index (χ0n) is 10.9. The molecule has 0 radical (unpaired) electrons. The van der Waals surface area contributed by atoms with Gasteiger partial charge in [0.15, 0.2) is 0 Å². The zero-order chi connectivity index (χ0) is 12.8. The van der Waals surface area contributed by atoms with Gasteiger partial charge in [0, 0.05) is 37.5 Å². The Morgan fingerprint density at radius 2 is 2.22 bits per heavy atom. The summed E-state index contributed by atoms with van der Waals surface area (Å²) in [5, 5.41) is 3.20. The van der Waals surface area contributed by atoms with Gasteiger partial charge < -0.3 is 15.0 Å². The third kappa shape index (κ3) is 3.21. The summed E-state index contributed by atoms with van der Waals surface area (Å²) < 4.78 is 19.4. The van der Waals surface area contributed by atoms with Gasteiger partial charge in [-0.3, -0.25) is 0 Å². The minimum Gasteiger partial charge on any atom is -0.380 e. The Kier molecular flexibility index (Phi) is 4.96. The molecule has 0 unspecified atom stereocenters. The first-order valence-electron chi connectivity index (χ1n) is 6.63. The average molecular weight is 252 g/mol. The minimum absolute atomic E-state index is 0.126. The lowest BCUT2D eigenvalue weighted by molar-refractivity contribution is 0.152. The van der Waals surface area contributed by atoms with Crippen molar-refractivity contribution >= 4 is 5.69 Å². The summed E-state index contributed by atoms with van der Waals surface area (Å²) in [7, 11) is 0. The third-order valence-electron chi connectivity index (χ3n) is 3.21. The van der Waals surface area contributed by atoms with Crippen molar-refractivity contribution in [2.24, 2.45) is 0 Å². The van der Waals surface area contributed by atoms with E-state index in [-0.39, 0.29) is 5.82 Å². The number of anilines is 1. The molecule has 0 aromatic heterocycles. The maximum Gasteiger partial charge on any atom is 0.129 e. The lowest BCUT2D eigenvalue weighted by Crippen LogP contribution is -2.28. The van der Waals surface area contributed by atoms with E-state index in [4.69, 9.17) is 4.74 Å². The summed E-state index contributed by atoms with van der Waals surface area (Å²) in [4.78, 5) is 2.22. The SMILES string of the molecule is CCNCc1c(F)cccc1N1CCCOCC1. The topological polar surface area (TPSA) is 24.5 Å². The van der Waals surface area contributed by atoms with Crippen LogP contribution in [0, 0.1) is 5.82 Å². The number of ether oxygens (including phenoxy) is 1. The van der Waals surface area contributed by atoms with Crippen molar-refractivity contribution in [3.05, 3.63) is 29.6 Å². The summed E-state index contributed by atoms with van der Waals surface area (Å²) in [6.45, 7) is 6.74. The molecular weight excluding hydrogens is 231 g/mol. The van der Waals surface area contributed by atoms with Gasteiger partial charge in [0.2, 0.25) is 0 Å². The quantitative estimate of drug-likeness (QED) is 0.888. The van der Waals surface area contributed by atoms with Crippen LogP contribution in [0.15, 0.2) is 18.2 Å². The van der Waals surface area contributed by atoms with Gasteiger partial charge in [-0.1, -0.05) is 13.0 Å². The smallest absolute Gasteiger partial charge is 0.129 e. The summed E-state index contributed by atoms with van der Waals surface area (Å²) in [5.41, 5.74) is 1.77. The van der Waals surface area contributed by atoms with E-state index in [1.807, 2.05) is 13.0 Å². The second kappa shape index (κ2) is 6.71. The van der Waals surface area contributed by atoms with E-state index in [0.29, 0.717) is 6.54 Å². The molecule has 0 amide bonds. The van der Waals surface area contributed by atoms with Gasteiger partial charge in [0.25, 0.3) is 0 Å². The van der Waals surface area contributed by atoms with E-state index in [0.717, 1.165) is 50.5 Å². The van der Waals surface area contributed by atoms with Crippen LogP contribution in [0.5, 0.6) is 0 Å². The Morgan fingerprint density at radius 3 is 3.06 bits per heavy atom. The average Bonchev–Trinajstić information content (AvgIpc) is 2.66. The second-order valence-corrected chi connectivity index (χ2v) is 4.47. The molecule has 3 nitrogen and oxygen atoms in total. The molecule has 2 rings (SSSR count). The summed E-state index contributed by atoms with van der Waals surface area (Å²) in [6.07, 6.45) is 0.997. The fraction of sp³-hybridized carbons (Fsp3) is 0.571. The van der Waals surface area contributed by atoms with Crippen LogP contribution in [0.3, 0.4) is 0 Å². The number of hydrogen-bond donors (Lipinski definition) is 1. The first-order chi connectivity index (χ1) is 8.83. The largest absolute Gasteiger partial charge is 0.380 e. The molecule has 100 valence electrons. The lowest BCUT2D eigenvalue weighted by atomic mass is 10.1. The highest BCUT2D eigenvalue weighted by Gasteiger charge is 2.15. The predicted octanol–water partition coefficient (Wildman–Crippen LogP) is 2.16. The normalized spacial score (nSPS) is 16.7. The number of rotatable bonds is 4. The van der Waals surface area contributed by atoms with Crippen molar-refractivity contribution in [2.45, 2.75) is 19.9 Å². The summed E-state index contributed by atoms with van der Waals surface area (Å²) in [5.74, 6) is -0.126. The van der Waals surface area contributed by atoms with Gasteiger partial charge in [-0.2, -0.15) is 0 Å². The predicted molar refractivity (Wildman–Crippen MR) is 71.4 cm³/mol. The third-order valence-corrected chi connectivity index (χ3v) is 3.21. The van der Waals surface area contributed by atoms with Gasteiger partial charge >= 0.3 is 0 Å². The highest BCUT2D eigenvalue weighted by atomic mass is 19.1. The van der Waals surface area contributed by atoms with E-state index in [2.05, 4.69) is 10.2 Å². The van der Waals surface area contributed by atoms with E-state index in [1.54, 1.807) is 6.07 Å². The molecule has 1 fully saturated rings. The fourth-order valence-electron chi connectivity index (χ4n) is 2.26. The first kappa shape index (κ1) is 13.3. The van der Waals surface area contributed by atoms with E-state index in [1.165, 1.54) is 6.07 Å². The maximum absolute atomic E-state index is 13.9. The molecular formula is C14H21FN2O. The Balaban J connectivity index is 2.21. The van der Waals surface area contributed by atoms with Crippen molar-refractivity contribution in [1.82, 2.24) is 5.32 Å². The van der Waals surface area contributed by atoms with E-state index >= 15 is 0 Å². The van der Waals surface area contributed by atoms with Crippen LogP contribution >= 0.6 is 0 Å². The molecule has 1 saturated heterocycles. The van der Waals surface area contributed by atoms with Crippen molar-refractivity contribution in [3.63, 3.8) is 0 Å². The first-order valence-corrected chi connectivity index (χ1v) is 6.63. The van der Waals surface area contributed by atoms with Crippen molar-refractivity contribution < 1.29 is 9.13 Å². The van der Waals surface area contributed by atoms with Crippen LogP contribution in [0.25, 0.3) is 0 Å². The van der Waals surface area contributed by atoms with Gasteiger partial charge in [-0.15, -0.1) is 0 Å². The second-order valence-electron chi connectivity index (χ2n) is 4.47. The van der Waals surface area contributed by atoms with Gasteiger partial charge in [-0.05, 0) is 25.1 Å². The molecule has 4 heteroatoms. The van der Waals surface area contributed by atoms with Crippen molar-refractivity contribution in [3.8, 4) is 0 Å². The summed E-state index contributed by atoms with van der Waals surface area (Å²) in [6, 6.07) is 5.32. The minimum atomic E-state index is -0.126. The highest BCUT2D eigenvalue weighted by molar-refractivity contribution is 5.54. The van der Waals surface area contributed by atoms with Crippen LogP contribution in [0.4, 0.5) is 10.1 Å². The molecule has 18 heavy (non-hydrogen) atoms. The van der Waals surface area contributed by atoms with Crippen molar-refractivity contribution in [1.29, 1.82) is 0 Å². The van der Waals surface area contributed by atoms with Crippen LogP contribution < -0.4 is 10.2 Å². The van der Waals surface area contributed by atoms with Crippen LogP contribution in [-0.2, 0) is 11.3 Å². The van der Waals surface area contributed by atoms with E-state index in [9.17, 15) is 4.39 Å². The molecule has 1 aromatic rings. The van der Waals surface area contributed by atoms with E-state index < -0.39 is 0 Å². The fourth-order valence-corrected chi connectivity index (χ4v) is 2.26. The molecule has 0 spiro atoms. The molecule has 1 aromatic carbocycles. The number of hydrogen-bond acceptors (Lipinski definition) is 3. The van der Waals surface area contributed by atoms with Crippen LogP contribution in [0.2, 0.25) is 0 Å². The van der Waals surface area contributed by atoms with Crippen molar-refractivity contribution in [2.75, 3.05) is 37.7 Å². The standard InChI is InChI=1S/C14H21FN2O/c1-2-16-11-12-13(15)5-3-6-14(12)17-7-4-9-18-10-8-17/h3,5-6,16H,2,4,7-11H2,1H3. The molecule has 1 heterocycles. The Hall–Kier alpha value is -1.13. The maximum atomic E-state index is 13.9. The highest BCUT2D eigenvalue weighted by Crippen LogP contribution is 2.24. The van der Waals surface area contributed by atoms with Crippen LogP contribution in [0.1, 0.15) is 18.9 Å².